The van der Waals surface area contributed by atoms with E-state index in [0.29, 0.717) is 5.76 Å². The summed E-state index contributed by atoms with van der Waals surface area (Å²) in [5.74, 6) is -1.27. The minimum Gasteiger partial charge on any atom is -0.463 e. The van der Waals surface area contributed by atoms with Crippen LogP contribution in [0.2, 0.25) is 5.02 Å². The minimum atomic E-state index is -0.752. The van der Waals surface area contributed by atoms with E-state index in [2.05, 4.69) is 10.5 Å². The molecule has 1 aromatic heterocycles. The van der Waals surface area contributed by atoms with E-state index < -0.39 is 30.9 Å². The zero-order valence-corrected chi connectivity index (χ0v) is 12.7. The van der Waals surface area contributed by atoms with Gasteiger partial charge in [0.05, 0.1) is 5.02 Å². The van der Waals surface area contributed by atoms with Gasteiger partial charge in [0.2, 0.25) is 0 Å². The fourth-order valence-electron chi connectivity index (χ4n) is 1.50. The van der Waals surface area contributed by atoms with E-state index in [1.165, 1.54) is 18.2 Å². The second kappa shape index (κ2) is 7.59. The molecule has 0 aliphatic rings. The molecule has 122 valence electrons. The van der Waals surface area contributed by atoms with Crippen molar-refractivity contribution in [1.82, 2.24) is 5.16 Å². The number of amides is 1. The fourth-order valence-corrected chi connectivity index (χ4v) is 1.68. The molecule has 0 unspecified atom stereocenters. The second-order valence-corrected chi connectivity index (χ2v) is 4.81. The molecule has 0 atom stereocenters. The average Bonchev–Trinajstić information content (AvgIpc) is 2.92. The lowest BCUT2D eigenvalue weighted by molar-refractivity contribution is -0.149. The molecule has 1 aromatic carbocycles. The van der Waals surface area contributed by atoms with Crippen LogP contribution in [-0.2, 0) is 14.3 Å². The maximum Gasteiger partial charge on any atom is 0.344 e. The molecule has 0 spiro atoms. The predicted octanol–water partition coefficient (Wildman–Crippen LogP) is 2.34. The van der Waals surface area contributed by atoms with Crippen LogP contribution in [0, 0.1) is 12.7 Å². The summed E-state index contributed by atoms with van der Waals surface area (Å²) in [5.41, 5.74) is 0.284. The summed E-state index contributed by atoms with van der Waals surface area (Å²) in [4.78, 5) is 23.0. The summed E-state index contributed by atoms with van der Waals surface area (Å²) >= 11 is 5.58. The van der Waals surface area contributed by atoms with Crippen LogP contribution in [0.1, 0.15) is 5.76 Å². The van der Waals surface area contributed by atoms with Gasteiger partial charge in [0.25, 0.3) is 11.8 Å². The molecule has 7 nitrogen and oxygen atoms in total. The highest BCUT2D eigenvalue weighted by Gasteiger charge is 2.11. The van der Waals surface area contributed by atoms with Crippen LogP contribution < -0.4 is 10.1 Å². The van der Waals surface area contributed by atoms with Crippen LogP contribution in [0.15, 0.2) is 28.8 Å². The Morgan fingerprint density at radius 3 is 2.78 bits per heavy atom. The van der Waals surface area contributed by atoms with Crippen molar-refractivity contribution in [3.63, 3.8) is 0 Å². The van der Waals surface area contributed by atoms with Gasteiger partial charge >= 0.3 is 5.97 Å². The van der Waals surface area contributed by atoms with Crippen LogP contribution >= 0.6 is 11.6 Å². The molecule has 0 fully saturated rings. The Hall–Kier alpha value is -2.61. The van der Waals surface area contributed by atoms with Crippen LogP contribution in [0.4, 0.5) is 10.1 Å². The Kier molecular flexibility index (Phi) is 5.53. The normalized spacial score (nSPS) is 10.2. The second-order valence-electron chi connectivity index (χ2n) is 4.40. The third-order valence-electron chi connectivity index (χ3n) is 2.51. The summed E-state index contributed by atoms with van der Waals surface area (Å²) in [6.45, 7) is 0.737. The molecule has 2 aromatic rings. The number of carbonyl (C=O) groups excluding carboxylic acids is 2. The lowest BCUT2D eigenvalue weighted by atomic mass is 10.3. The van der Waals surface area contributed by atoms with Crippen LogP contribution in [-0.4, -0.2) is 30.2 Å². The summed E-state index contributed by atoms with van der Waals surface area (Å²) in [7, 11) is 0. The van der Waals surface area contributed by atoms with E-state index in [4.69, 9.17) is 25.6 Å². The van der Waals surface area contributed by atoms with Crippen molar-refractivity contribution in [2.24, 2.45) is 0 Å². The first-order chi connectivity index (χ1) is 10.9. The summed E-state index contributed by atoms with van der Waals surface area (Å²) in [6.07, 6.45) is 0. The van der Waals surface area contributed by atoms with E-state index >= 15 is 0 Å². The first-order valence-electron chi connectivity index (χ1n) is 6.40. The molecule has 0 aliphatic carbocycles. The van der Waals surface area contributed by atoms with Crippen molar-refractivity contribution in [2.75, 3.05) is 18.5 Å². The number of hydrogen-bond acceptors (Lipinski definition) is 6. The van der Waals surface area contributed by atoms with Crippen molar-refractivity contribution in [3.05, 3.63) is 40.9 Å². The van der Waals surface area contributed by atoms with E-state index in [9.17, 15) is 14.0 Å². The van der Waals surface area contributed by atoms with E-state index in [0.717, 1.165) is 6.07 Å². The van der Waals surface area contributed by atoms with Crippen molar-refractivity contribution in [1.29, 1.82) is 0 Å². The summed E-state index contributed by atoms with van der Waals surface area (Å²) in [6, 6.07) is 5.18. The van der Waals surface area contributed by atoms with Gasteiger partial charge in [-0.2, -0.15) is 0 Å². The SMILES string of the molecule is Cc1cc(OCC(=O)OCC(=O)Nc2ccc(F)c(Cl)c2)no1. The van der Waals surface area contributed by atoms with Crippen LogP contribution in [0.3, 0.4) is 0 Å². The lowest BCUT2D eigenvalue weighted by Gasteiger charge is -2.07. The molecule has 2 rings (SSSR count). The molecule has 0 saturated carbocycles. The zero-order valence-electron chi connectivity index (χ0n) is 12.0. The van der Waals surface area contributed by atoms with Crippen molar-refractivity contribution in [3.8, 4) is 5.88 Å². The Labute approximate surface area is 135 Å². The summed E-state index contributed by atoms with van der Waals surface area (Å²) < 4.78 is 27.4. The molecule has 1 amide bonds. The Morgan fingerprint density at radius 1 is 1.35 bits per heavy atom. The average molecular weight is 343 g/mol. The van der Waals surface area contributed by atoms with Gasteiger partial charge in [-0.15, -0.1) is 0 Å². The van der Waals surface area contributed by atoms with Crippen LogP contribution in [0.25, 0.3) is 0 Å². The van der Waals surface area contributed by atoms with E-state index in [1.54, 1.807) is 6.92 Å². The molecule has 0 radical (unpaired) electrons. The van der Waals surface area contributed by atoms with Gasteiger partial charge in [-0.3, -0.25) is 4.79 Å². The molecular weight excluding hydrogens is 331 g/mol. The molecule has 0 aliphatic heterocycles. The lowest BCUT2D eigenvalue weighted by Crippen LogP contribution is -2.23. The van der Waals surface area contributed by atoms with Crippen molar-refractivity contribution in [2.45, 2.75) is 6.92 Å². The van der Waals surface area contributed by atoms with Gasteiger partial charge in [-0.25, -0.2) is 9.18 Å². The zero-order chi connectivity index (χ0) is 16.8. The highest BCUT2D eigenvalue weighted by Crippen LogP contribution is 2.19. The maximum atomic E-state index is 13.0. The van der Waals surface area contributed by atoms with Crippen molar-refractivity contribution >= 4 is 29.2 Å². The molecule has 9 heteroatoms. The maximum absolute atomic E-state index is 13.0. The molecule has 0 bridgehead atoms. The molecular formula is C14H12ClFN2O5. The molecule has 1 heterocycles. The van der Waals surface area contributed by atoms with Gasteiger partial charge in [-0.05, 0) is 30.3 Å². The van der Waals surface area contributed by atoms with Gasteiger partial charge in [0.15, 0.2) is 13.2 Å². The number of anilines is 1. The third-order valence-corrected chi connectivity index (χ3v) is 2.80. The van der Waals surface area contributed by atoms with Gasteiger partial charge < -0.3 is 19.3 Å². The summed E-state index contributed by atoms with van der Waals surface area (Å²) in [5, 5.41) is 5.81. The number of carbonyl (C=O) groups is 2. The van der Waals surface area contributed by atoms with Gasteiger partial charge in [0, 0.05) is 11.8 Å². The first kappa shape index (κ1) is 16.8. The topological polar surface area (TPSA) is 90.7 Å². The number of aryl methyl sites for hydroxylation is 1. The predicted molar refractivity (Wildman–Crippen MR) is 77.7 cm³/mol. The standard InChI is InChI=1S/C14H12ClFN2O5/c1-8-4-13(18-23-8)21-7-14(20)22-6-12(19)17-9-2-3-11(16)10(15)5-9/h2-5H,6-7H2,1H3,(H,17,19). The molecule has 0 saturated heterocycles. The van der Waals surface area contributed by atoms with Crippen LogP contribution in [0.5, 0.6) is 5.88 Å². The largest absolute Gasteiger partial charge is 0.463 e. The Bertz CT molecular complexity index is 719. The molecule has 1 N–H and O–H groups in total. The number of ether oxygens (including phenoxy) is 2. The Morgan fingerprint density at radius 2 is 2.13 bits per heavy atom. The van der Waals surface area contributed by atoms with Gasteiger partial charge in [-0.1, -0.05) is 11.6 Å². The highest BCUT2D eigenvalue weighted by molar-refractivity contribution is 6.31. The Balaban J connectivity index is 1.73. The number of nitrogens with zero attached hydrogens (tertiary/aromatic N) is 1. The number of esters is 1. The van der Waals surface area contributed by atoms with Crippen molar-refractivity contribution < 1.29 is 28.0 Å². The first-order valence-corrected chi connectivity index (χ1v) is 6.78. The monoisotopic (exact) mass is 342 g/mol. The quantitative estimate of drug-likeness (QED) is 0.810. The highest BCUT2D eigenvalue weighted by atomic mass is 35.5. The smallest absolute Gasteiger partial charge is 0.344 e. The number of hydrogen-bond donors (Lipinski definition) is 1. The number of nitrogens with one attached hydrogen (secondary N) is 1. The van der Waals surface area contributed by atoms with E-state index in [1.807, 2.05) is 0 Å². The minimum absolute atomic E-state index is 0.129. The van der Waals surface area contributed by atoms with E-state index in [-0.39, 0.29) is 16.6 Å². The number of halogens is 2. The number of rotatable bonds is 6. The fraction of sp³-hybridized carbons (Fsp3) is 0.214. The van der Waals surface area contributed by atoms with Gasteiger partial charge in [0.1, 0.15) is 11.6 Å². The number of benzene rings is 1. The third kappa shape index (κ3) is 5.26. The molecule has 23 heavy (non-hydrogen) atoms. The number of aromatic nitrogens is 1.